The lowest BCUT2D eigenvalue weighted by atomic mass is 9.81. The standard InChI is InChI=1S/C8H15BrO/c1-7-2-4-8(10,6-9)5-3-7/h7,10H,2-6H2,1H3. The average Bonchev–Trinajstić information content (AvgIpc) is 1.96. The normalized spacial score (nSPS) is 41.7. The molecule has 1 aliphatic carbocycles. The Labute approximate surface area is 70.9 Å². The number of halogens is 1. The van der Waals surface area contributed by atoms with E-state index in [-0.39, 0.29) is 5.60 Å². The zero-order chi connectivity index (χ0) is 7.61. The summed E-state index contributed by atoms with van der Waals surface area (Å²) in [5.74, 6) is 0.819. The molecule has 0 atom stereocenters. The molecule has 0 saturated heterocycles. The van der Waals surface area contributed by atoms with Crippen LogP contribution in [0.1, 0.15) is 32.6 Å². The van der Waals surface area contributed by atoms with Crippen molar-refractivity contribution >= 4 is 15.9 Å². The molecule has 10 heavy (non-hydrogen) atoms. The van der Waals surface area contributed by atoms with E-state index in [0.717, 1.165) is 24.1 Å². The largest absolute Gasteiger partial charge is 0.389 e. The van der Waals surface area contributed by atoms with Gasteiger partial charge in [0.25, 0.3) is 0 Å². The second-order valence-corrected chi connectivity index (χ2v) is 4.10. The summed E-state index contributed by atoms with van der Waals surface area (Å²) in [5, 5.41) is 10.5. The molecule has 0 aromatic heterocycles. The van der Waals surface area contributed by atoms with Crippen LogP contribution in [0.3, 0.4) is 0 Å². The molecule has 0 amide bonds. The summed E-state index contributed by atoms with van der Waals surface area (Å²) < 4.78 is 0. The summed E-state index contributed by atoms with van der Waals surface area (Å²) in [4.78, 5) is 0. The molecule has 0 aromatic carbocycles. The molecule has 1 fully saturated rings. The van der Waals surface area contributed by atoms with Crippen molar-refractivity contribution in [1.82, 2.24) is 0 Å². The number of rotatable bonds is 1. The van der Waals surface area contributed by atoms with Crippen LogP contribution in [0.2, 0.25) is 0 Å². The summed E-state index contributed by atoms with van der Waals surface area (Å²) in [7, 11) is 0. The van der Waals surface area contributed by atoms with E-state index < -0.39 is 0 Å². The fraction of sp³-hybridized carbons (Fsp3) is 1.00. The van der Waals surface area contributed by atoms with Crippen molar-refractivity contribution in [3.05, 3.63) is 0 Å². The van der Waals surface area contributed by atoms with Gasteiger partial charge in [0.1, 0.15) is 0 Å². The van der Waals surface area contributed by atoms with Crippen LogP contribution in [-0.4, -0.2) is 16.0 Å². The number of aliphatic hydroxyl groups is 1. The fourth-order valence-electron chi connectivity index (χ4n) is 1.43. The highest BCUT2D eigenvalue weighted by Gasteiger charge is 2.30. The Hall–Kier alpha value is 0.440. The van der Waals surface area contributed by atoms with Crippen LogP contribution < -0.4 is 0 Å². The summed E-state index contributed by atoms with van der Waals surface area (Å²) in [6.07, 6.45) is 4.31. The van der Waals surface area contributed by atoms with Crippen molar-refractivity contribution in [3.8, 4) is 0 Å². The van der Waals surface area contributed by atoms with Crippen LogP contribution >= 0.6 is 15.9 Å². The van der Waals surface area contributed by atoms with E-state index >= 15 is 0 Å². The van der Waals surface area contributed by atoms with E-state index in [1.54, 1.807) is 0 Å². The van der Waals surface area contributed by atoms with E-state index in [1.807, 2.05) is 0 Å². The SMILES string of the molecule is CC1CCC(O)(CBr)CC1. The van der Waals surface area contributed by atoms with Crippen molar-refractivity contribution in [1.29, 1.82) is 0 Å². The quantitative estimate of drug-likeness (QED) is 0.654. The monoisotopic (exact) mass is 206 g/mol. The van der Waals surface area contributed by atoms with Crippen molar-refractivity contribution in [3.63, 3.8) is 0 Å². The second-order valence-electron chi connectivity index (χ2n) is 3.54. The van der Waals surface area contributed by atoms with Gasteiger partial charge < -0.3 is 5.11 Å². The third-order valence-corrected chi connectivity index (χ3v) is 3.50. The predicted octanol–water partition coefficient (Wildman–Crippen LogP) is 2.32. The zero-order valence-electron chi connectivity index (χ0n) is 6.44. The molecule has 0 bridgehead atoms. The lowest BCUT2D eigenvalue weighted by Gasteiger charge is -2.33. The Morgan fingerprint density at radius 2 is 2.00 bits per heavy atom. The maximum Gasteiger partial charge on any atom is 0.0744 e. The molecule has 1 aliphatic rings. The van der Waals surface area contributed by atoms with Gasteiger partial charge in [-0.15, -0.1) is 0 Å². The van der Waals surface area contributed by atoms with E-state index in [9.17, 15) is 5.11 Å². The van der Waals surface area contributed by atoms with Gasteiger partial charge in [-0.1, -0.05) is 22.9 Å². The van der Waals surface area contributed by atoms with Crippen LogP contribution in [0.4, 0.5) is 0 Å². The molecule has 0 spiro atoms. The Morgan fingerprint density at radius 1 is 1.50 bits per heavy atom. The van der Waals surface area contributed by atoms with Gasteiger partial charge in [0.2, 0.25) is 0 Å². The molecule has 0 heterocycles. The van der Waals surface area contributed by atoms with Gasteiger partial charge in [0.05, 0.1) is 5.60 Å². The molecular formula is C8H15BrO. The first kappa shape index (κ1) is 8.54. The van der Waals surface area contributed by atoms with Crippen LogP contribution in [0.5, 0.6) is 0 Å². The smallest absolute Gasteiger partial charge is 0.0744 e. The van der Waals surface area contributed by atoms with Crippen molar-refractivity contribution in [2.24, 2.45) is 5.92 Å². The van der Waals surface area contributed by atoms with Crippen LogP contribution in [0.25, 0.3) is 0 Å². The first-order valence-electron chi connectivity index (χ1n) is 3.95. The Balaban J connectivity index is 2.38. The van der Waals surface area contributed by atoms with Gasteiger partial charge >= 0.3 is 0 Å². The number of hydrogen-bond acceptors (Lipinski definition) is 1. The zero-order valence-corrected chi connectivity index (χ0v) is 8.02. The van der Waals surface area contributed by atoms with Gasteiger partial charge in [-0.25, -0.2) is 0 Å². The Kier molecular flexibility index (Phi) is 2.75. The summed E-state index contributed by atoms with van der Waals surface area (Å²) >= 11 is 3.34. The first-order valence-corrected chi connectivity index (χ1v) is 5.07. The summed E-state index contributed by atoms with van der Waals surface area (Å²) in [6.45, 7) is 2.26. The first-order chi connectivity index (χ1) is 4.66. The predicted molar refractivity (Wildman–Crippen MR) is 46.4 cm³/mol. The molecule has 0 aliphatic heterocycles. The van der Waals surface area contributed by atoms with Gasteiger partial charge in [0, 0.05) is 5.33 Å². The van der Waals surface area contributed by atoms with E-state index in [0.29, 0.717) is 0 Å². The van der Waals surface area contributed by atoms with Crippen LogP contribution in [0.15, 0.2) is 0 Å². The molecule has 1 rings (SSSR count). The Morgan fingerprint density at radius 3 is 2.40 bits per heavy atom. The van der Waals surface area contributed by atoms with Crippen LogP contribution in [-0.2, 0) is 0 Å². The molecule has 1 saturated carbocycles. The minimum atomic E-state index is -0.382. The van der Waals surface area contributed by atoms with Gasteiger partial charge in [-0.3, -0.25) is 0 Å². The summed E-state index contributed by atoms with van der Waals surface area (Å²) in [5.41, 5.74) is -0.382. The molecule has 0 unspecified atom stereocenters. The van der Waals surface area contributed by atoms with Crippen molar-refractivity contribution in [2.75, 3.05) is 5.33 Å². The van der Waals surface area contributed by atoms with Gasteiger partial charge in [-0.05, 0) is 31.6 Å². The highest BCUT2D eigenvalue weighted by molar-refractivity contribution is 9.09. The third-order valence-electron chi connectivity index (χ3n) is 2.45. The number of alkyl halides is 1. The highest BCUT2D eigenvalue weighted by Crippen LogP contribution is 2.32. The third kappa shape index (κ3) is 1.96. The highest BCUT2D eigenvalue weighted by atomic mass is 79.9. The van der Waals surface area contributed by atoms with Gasteiger partial charge in [0.15, 0.2) is 0 Å². The van der Waals surface area contributed by atoms with E-state index in [2.05, 4.69) is 22.9 Å². The van der Waals surface area contributed by atoms with Gasteiger partial charge in [-0.2, -0.15) is 0 Å². The second kappa shape index (κ2) is 3.22. The minimum Gasteiger partial charge on any atom is -0.389 e. The molecule has 0 radical (unpaired) electrons. The Bertz CT molecular complexity index is 106. The molecule has 0 aromatic rings. The lowest BCUT2D eigenvalue weighted by molar-refractivity contribution is 0.0161. The lowest BCUT2D eigenvalue weighted by Crippen LogP contribution is -2.34. The summed E-state index contributed by atoms with van der Waals surface area (Å²) in [6, 6.07) is 0. The van der Waals surface area contributed by atoms with E-state index in [1.165, 1.54) is 12.8 Å². The minimum absolute atomic E-state index is 0.382. The molecule has 2 heteroatoms. The molecular weight excluding hydrogens is 192 g/mol. The van der Waals surface area contributed by atoms with E-state index in [4.69, 9.17) is 0 Å². The maximum atomic E-state index is 9.75. The van der Waals surface area contributed by atoms with Crippen LogP contribution in [0, 0.1) is 5.92 Å². The molecule has 1 nitrogen and oxygen atoms in total. The maximum absolute atomic E-state index is 9.75. The number of hydrogen-bond donors (Lipinski definition) is 1. The average molecular weight is 207 g/mol. The molecule has 60 valence electrons. The topological polar surface area (TPSA) is 20.2 Å². The van der Waals surface area contributed by atoms with Crippen molar-refractivity contribution < 1.29 is 5.11 Å². The van der Waals surface area contributed by atoms with Crippen molar-refractivity contribution in [2.45, 2.75) is 38.2 Å². The fourth-order valence-corrected chi connectivity index (χ4v) is 1.99. The molecule has 1 N–H and O–H groups in total.